The maximum Gasteiger partial charge on any atom is 0.270 e. The third kappa shape index (κ3) is 4.25. The molecule has 0 unspecified atom stereocenters. The van der Waals surface area contributed by atoms with Gasteiger partial charge in [-0.1, -0.05) is 18.2 Å². The summed E-state index contributed by atoms with van der Waals surface area (Å²) in [6, 6.07) is 10.5. The highest BCUT2D eigenvalue weighted by molar-refractivity contribution is 7.92. The van der Waals surface area contributed by atoms with Gasteiger partial charge in [0.2, 0.25) is 5.91 Å². The maximum atomic E-state index is 12.7. The van der Waals surface area contributed by atoms with Crippen molar-refractivity contribution in [3.05, 3.63) is 63.7 Å². The Hall–Kier alpha value is -2.94. The Labute approximate surface area is 157 Å². The van der Waals surface area contributed by atoms with Crippen molar-refractivity contribution in [1.82, 2.24) is 4.90 Å². The molecular weight excluding hydrogens is 370 g/mol. The van der Waals surface area contributed by atoms with Gasteiger partial charge in [0, 0.05) is 37.3 Å². The van der Waals surface area contributed by atoms with E-state index >= 15 is 0 Å². The number of carbonyl (C=O) groups is 1. The highest BCUT2D eigenvalue weighted by Gasteiger charge is 2.22. The molecule has 0 saturated carbocycles. The monoisotopic (exact) mass is 389 g/mol. The number of nitrogens with zero attached hydrogens (tertiary/aromatic N) is 2. The molecule has 0 atom stereocenters. The number of rotatable bonds is 6. The minimum Gasteiger partial charge on any atom is -0.338 e. The fourth-order valence-electron chi connectivity index (χ4n) is 3.03. The van der Waals surface area contributed by atoms with E-state index < -0.39 is 14.9 Å². The van der Waals surface area contributed by atoms with Crippen molar-refractivity contribution in [1.29, 1.82) is 0 Å². The normalized spacial score (nSPS) is 14.4. The van der Waals surface area contributed by atoms with Gasteiger partial charge in [-0.25, -0.2) is 8.42 Å². The zero-order chi connectivity index (χ0) is 19.6. The molecule has 0 spiro atoms. The zero-order valence-electron chi connectivity index (χ0n) is 14.7. The van der Waals surface area contributed by atoms with E-state index in [1.54, 1.807) is 30.0 Å². The van der Waals surface area contributed by atoms with E-state index in [0.717, 1.165) is 18.1 Å². The lowest BCUT2D eigenvalue weighted by molar-refractivity contribution is -0.385. The number of nitro benzene ring substituents is 1. The van der Waals surface area contributed by atoms with Gasteiger partial charge in [0.15, 0.2) is 0 Å². The second kappa shape index (κ2) is 7.36. The molecule has 3 rings (SSSR count). The van der Waals surface area contributed by atoms with Crippen LogP contribution in [-0.4, -0.2) is 30.7 Å². The van der Waals surface area contributed by atoms with Gasteiger partial charge >= 0.3 is 0 Å². The minimum atomic E-state index is -3.99. The molecular formula is C18H19N3O5S. The Morgan fingerprint density at radius 3 is 2.67 bits per heavy atom. The minimum absolute atomic E-state index is 0.0909. The Bertz CT molecular complexity index is 1000. The third-order valence-electron chi connectivity index (χ3n) is 4.40. The standard InChI is InChI=1S/C18H19N3O5S/c1-13-7-8-16(21(23)24)11-17(13)27(25,26)19-15-5-2-4-14(10-15)12-20-9-3-6-18(20)22/h2,4-5,7-8,10-11,19H,3,6,9,12H2,1H3. The number of nitrogens with one attached hydrogen (secondary N) is 1. The molecule has 0 radical (unpaired) electrons. The number of hydrogen-bond acceptors (Lipinski definition) is 5. The Morgan fingerprint density at radius 2 is 2.00 bits per heavy atom. The molecule has 2 aromatic rings. The first-order chi connectivity index (χ1) is 12.8. The summed E-state index contributed by atoms with van der Waals surface area (Å²) in [5.41, 5.74) is 1.26. The lowest BCUT2D eigenvalue weighted by Crippen LogP contribution is -2.23. The summed E-state index contributed by atoms with van der Waals surface area (Å²) in [6.45, 7) is 2.69. The molecule has 2 aromatic carbocycles. The van der Waals surface area contributed by atoms with E-state index in [0.29, 0.717) is 30.8 Å². The van der Waals surface area contributed by atoms with Gasteiger partial charge in [-0.3, -0.25) is 19.6 Å². The molecule has 1 N–H and O–H groups in total. The van der Waals surface area contributed by atoms with Crippen molar-refractivity contribution >= 4 is 27.3 Å². The van der Waals surface area contributed by atoms with E-state index in [2.05, 4.69) is 4.72 Å². The first-order valence-corrected chi connectivity index (χ1v) is 9.89. The third-order valence-corrected chi connectivity index (χ3v) is 5.92. The summed E-state index contributed by atoms with van der Waals surface area (Å²) in [5.74, 6) is 0.0909. The molecule has 0 bridgehead atoms. The average Bonchev–Trinajstić information content (AvgIpc) is 2.99. The van der Waals surface area contributed by atoms with Gasteiger partial charge in [0.05, 0.1) is 9.82 Å². The summed E-state index contributed by atoms with van der Waals surface area (Å²) < 4.78 is 27.9. The van der Waals surface area contributed by atoms with Crippen LogP contribution in [0.2, 0.25) is 0 Å². The molecule has 142 valence electrons. The van der Waals surface area contributed by atoms with Crippen LogP contribution in [-0.2, 0) is 21.4 Å². The van der Waals surface area contributed by atoms with Crippen LogP contribution < -0.4 is 4.72 Å². The number of benzene rings is 2. The smallest absolute Gasteiger partial charge is 0.270 e. The van der Waals surface area contributed by atoms with Crippen molar-refractivity contribution in [3.63, 3.8) is 0 Å². The predicted octanol–water partition coefficient (Wildman–Crippen LogP) is 2.83. The van der Waals surface area contributed by atoms with Crippen molar-refractivity contribution in [2.24, 2.45) is 0 Å². The summed E-state index contributed by atoms with van der Waals surface area (Å²) in [4.78, 5) is 23.7. The van der Waals surface area contributed by atoms with E-state index in [-0.39, 0.29) is 16.5 Å². The van der Waals surface area contributed by atoms with Gasteiger partial charge in [0.1, 0.15) is 0 Å². The van der Waals surface area contributed by atoms with Crippen molar-refractivity contribution < 1.29 is 18.1 Å². The van der Waals surface area contributed by atoms with Crippen LogP contribution >= 0.6 is 0 Å². The summed E-state index contributed by atoms with van der Waals surface area (Å²) in [5, 5.41) is 10.9. The number of aryl methyl sites for hydroxylation is 1. The number of nitro groups is 1. The predicted molar refractivity (Wildman–Crippen MR) is 99.7 cm³/mol. The number of amides is 1. The maximum absolute atomic E-state index is 12.7. The van der Waals surface area contributed by atoms with Crippen LogP contribution in [0, 0.1) is 17.0 Å². The van der Waals surface area contributed by atoms with Crippen LogP contribution in [0.25, 0.3) is 0 Å². The van der Waals surface area contributed by atoms with Gasteiger partial charge in [-0.05, 0) is 36.6 Å². The molecule has 8 nitrogen and oxygen atoms in total. The molecule has 1 fully saturated rings. The number of non-ortho nitro benzene ring substituents is 1. The molecule has 1 amide bonds. The fourth-order valence-corrected chi connectivity index (χ4v) is 4.34. The number of sulfonamides is 1. The second-order valence-corrected chi connectivity index (χ2v) is 8.08. The molecule has 1 saturated heterocycles. The van der Waals surface area contributed by atoms with Crippen molar-refractivity contribution in [2.75, 3.05) is 11.3 Å². The Morgan fingerprint density at radius 1 is 1.22 bits per heavy atom. The molecule has 0 aliphatic carbocycles. The van der Waals surface area contributed by atoms with Crippen LogP contribution in [0.3, 0.4) is 0 Å². The van der Waals surface area contributed by atoms with Crippen molar-refractivity contribution in [3.8, 4) is 0 Å². The van der Waals surface area contributed by atoms with Gasteiger partial charge in [-0.15, -0.1) is 0 Å². The largest absolute Gasteiger partial charge is 0.338 e. The number of carbonyl (C=O) groups excluding carboxylic acids is 1. The highest BCUT2D eigenvalue weighted by atomic mass is 32.2. The molecule has 9 heteroatoms. The van der Waals surface area contributed by atoms with Gasteiger partial charge < -0.3 is 4.90 Å². The quantitative estimate of drug-likeness (QED) is 0.603. The fraction of sp³-hybridized carbons (Fsp3) is 0.278. The first-order valence-electron chi connectivity index (χ1n) is 8.41. The summed E-state index contributed by atoms with van der Waals surface area (Å²) in [7, 11) is -3.99. The topological polar surface area (TPSA) is 110 Å². The lowest BCUT2D eigenvalue weighted by atomic mass is 10.2. The van der Waals surface area contributed by atoms with Gasteiger partial charge in [0.25, 0.3) is 15.7 Å². The molecule has 1 aliphatic rings. The SMILES string of the molecule is Cc1ccc([N+](=O)[O-])cc1S(=O)(=O)Nc1cccc(CN2CCCC2=O)c1. The van der Waals surface area contributed by atoms with Gasteiger partial charge in [-0.2, -0.15) is 0 Å². The van der Waals surface area contributed by atoms with E-state index in [9.17, 15) is 23.3 Å². The van der Waals surface area contributed by atoms with Crippen LogP contribution in [0.4, 0.5) is 11.4 Å². The van der Waals surface area contributed by atoms with E-state index in [1.165, 1.54) is 12.1 Å². The Kier molecular flexibility index (Phi) is 5.13. The first kappa shape index (κ1) is 18.8. The number of anilines is 1. The van der Waals surface area contributed by atoms with Crippen LogP contribution in [0.1, 0.15) is 24.0 Å². The van der Waals surface area contributed by atoms with E-state index in [1.807, 2.05) is 6.07 Å². The summed E-state index contributed by atoms with van der Waals surface area (Å²) in [6.07, 6.45) is 1.37. The molecule has 27 heavy (non-hydrogen) atoms. The molecule has 1 aliphatic heterocycles. The molecule has 1 heterocycles. The lowest BCUT2D eigenvalue weighted by Gasteiger charge is -2.16. The highest BCUT2D eigenvalue weighted by Crippen LogP contribution is 2.25. The average molecular weight is 389 g/mol. The van der Waals surface area contributed by atoms with Crippen LogP contribution in [0.5, 0.6) is 0 Å². The Balaban J connectivity index is 1.84. The number of hydrogen-bond donors (Lipinski definition) is 1. The summed E-state index contributed by atoms with van der Waals surface area (Å²) >= 11 is 0. The second-order valence-electron chi connectivity index (χ2n) is 6.43. The molecule has 0 aromatic heterocycles. The zero-order valence-corrected chi connectivity index (χ0v) is 15.5. The van der Waals surface area contributed by atoms with Crippen molar-refractivity contribution in [2.45, 2.75) is 31.2 Å². The number of likely N-dealkylation sites (tertiary alicyclic amines) is 1. The van der Waals surface area contributed by atoms with Crippen LogP contribution in [0.15, 0.2) is 47.4 Å². The van der Waals surface area contributed by atoms with E-state index in [4.69, 9.17) is 0 Å².